The molecule has 0 atom stereocenters. The average molecular weight is 439 g/mol. The van der Waals surface area contributed by atoms with Gasteiger partial charge in [0.25, 0.3) is 0 Å². The van der Waals surface area contributed by atoms with Crippen LogP contribution in [0.2, 0.25) is 30.1 Å². The van der Waals surface area contributed by atoms with Crippen LogP contribution in [-0.2, 0) is 0 Å². The monoisotopic (exact) mass is 436 g/mol. The van der Waals surface area contributed by atoms with Crippen molar-refractivity contribution in [2.75, 3.05) is 0 Å². The molecule has 0 amide bonds. The maximum atomic E-state index is 6.24. The van der Waals surface area contributed by atoms with Gasteiger partial charge in [-0.05, 0) is 30.3 Å². The SMILES string of the molecule is Clc1cc(Cl)c(-c2cc(-c3cc(Cl)c(Cl)cc3Cl)ncn2)cc1Cl. The van der Waals surface area contributed by atoms with E-state index in [2.05, 4.69) is 9.97 Å². The van der Waals surface area contributed by atoms with Crippen LogP contribution in [0.15, 0.2) is 36.7 Å². The summed E-state index contributed by atoms with van der Waals surface area (Å²) in [6.45, 7) is 0. The summed E-state index contributed by atoms with van der Waals surface area (Å²) in [5.74, 6) is 0. The summed E-state index contributed by atoms with van der Waals surface area (Å²) in [5.41, 5.74) is 2.41. The van der Waals surface area contributed by atoms with Crippen LogP contribution in [0.3, 0.4) is 0 Å². The number of rotatable bonds is 2. The molecule has 2 aromatic carbocycles. The Kier molecular flexibility index (Phi) is 5.45. The fraction of sp³-hybridized carbons (Fsp3) is 0. The predicted octanol–water partition coefficient (Wildman–Crippen LogP) is 7.73. The molecule has 0 fully saturated rings. The first-order valence-corrected chi connectivity index (χ1v) is 8.75. The van der Waals surface area contributed by atoms with Crippen molar-refractivity contribution < 1.29 is 0 Å². The molecule has 0 aliphatic carbocycles. The fourth-order valence-electron chi connectivity index (χ4n) is 2.09. The van der Waals surface area contributed by atoms with Crippen LogP contribution in [0, 0.1) is 0 Å². The molecule has 1 heterocycles. The quantitative estimate of drug-likeness (QED) is 0.382. The summed E-state index contributed by atoms with van der Waals surface area (Å²) in [7, 11) is 0. The Morgan fingerprint density at radius 2 is 0.833 bits per heavy atom. The molecule has 8 heteroatoms. The highest BCUT2D eigenvalue weighted by Crippen LogP contribution is 2.37. The maximum absolute atomic E-state index is 6.24. The predicted molar refractivity (Wildman–Crippen MR) is 103 cm³/mol. The number of benzene rings is 2. The smallest absolute Gasteiger partial charge is 0.116 e. The topological polar surface area (TPSA) is 25.8 Å². The van der Waals surface area contributed by atoms with Crippen LogP contribution in [0.5, 0.6) is 0 Å². The molecule has 3 rings (SSSR count). The van der Waals surface area contributed by atoms with Gasteiger partial charge < -0.3 is 0 Å². The molecular weight excluding hydrogens is 433 g/mol. The summed E-state index contributed by atoms with van der Waals surface area (Å²) in [5, 5.41) is 2.34. The highest BCUT2D eigenvalue weighted by atomic mass is 35.5. The van der Waals surface area contributed by atoms with E-state index in [1.165, 1.54) is 6.33 Å². The van der Waals surface area contributed by atoms with Gasteiger partial charge in [-0.1, -0.05) is 69.6 Å². The molecule has 0 bridgehead atoms. The van der Waals surface area contributed by atoms with Gasteiger partial charge in [0, 0.05) is 11.1 Å². The van der Waals surface area contributed by atoms with Crippen molar-refractivity contribution in [1.29, 1.82) is 0 Å². The first kappa shape index (κ1) is 18.1. The van der Waals surface area contributed by atoms with E-state index in [0.717, 1.165) is 0 Å². The van der Waals surface area contributed by atoms with E-state index in [-0.39, 0.29) is 0 Å². The van der Waals surface area contributed by atoms with Gasteiger partial charge >= 0.3 is 0 Å². The van der Waals surface area contributed by atoms with Crippen molar-refractivity contribution >= 4 is 69.6 Å². The third-order valence-electron chi connectivity index (χ3n) is 3.24. The average Bonchev–Trinajstić information content (AvgIpc) is 2.54. The summed E-state index contributed by atoms with van der Waals surface area (Å²) in [6, 6.07) is 8.16. The third-order valence-corrected chi connectivity index (χ3v) is 5.31. The van der Waals surface area contributed by atoms with Gasteiger partial charge in [-0.25, -0.2) is 9.97 Å². The van der Waals surface area contributed by atoms with Gasteiger partial charge in [0.2, 0.25) is 0 Å². The zero-order valence-corrected chi connectivity index (χ0v) is 16.2. The highest BCUT2D eigenvalue weighted by Gasteiger charge is 2.13. The van der Waals surface area contributed by atoms with Crippen molar-refractivity contribution in [3.63, 3.8) is 0 Å². The molecule has 0 radical (unpaired) electrons. The Morgan fingerprint density at radius 3 is 1.25 bits per heavy atom. The minimum atomic E-state index is 0.368. The third kappa shape index (κ3) is 3.60. The normalized spacial score (nSPS) is 10.9. The van der Waals surface area contributed by atoms with E-state index in [1.807, 2.05) is 0 Å². The molecule has 122 valence electrons. The van der Waals surface area contributed by atoms with E-state index in [0.29, 0.717) is 52.7 Å². The lowest BCUT2D eigenvalue weighted by atomic mass is 10.1. The van der Waals surface area contributed by atoms with Crippen LogP contribution in [-0.4, -0.2) is 9.97 Å². The second-order valence-electron chi connectivity index (χ2n) is 4.78. The summed E-state index contributed by atoms with van der Waals surface area (Å²) < 4.78 is 0. The van der Waals surface area contributed by atoms with E-state index >= 15 is 0 Å². The lowest BCUT2D eigenvalue weighted by molar-refractivity contribution is 1.18. The molecule has 3 aromatic rings. The van der Waals surface area contributed by atoms with Crippen LogP contribution in [0.4, 0.5) is 0 Å². The molecule has 2 nitrogen and oxygen atoms in total. The minimum Gasteiger partial charge on any atom is -0.236 e. The van der Waals surface area contributed by atoms with E-state index in [4.69, 9.17) is 69.6 Å². The van der Waals surface area contributed by atoms with Crippen molar-refractivity contribution in [3.8, 4) is 22.5 Å². The summed E-state index contributed by atoms with van der Waals surface area (Å²) in [4.78, 5) is 8.47. The van der Waals surface area contributed by atoms with Crippen molar-refractivity contribution in [2.45, 2.75) is 0 Å². The van der Waals surface area contributed by atoms with Crippen LogP contribution >= 0.6 is 69.6 Å². The van der Waals surface area contributed by atoms with Gasteiger partial charge in [-0.15, -0.1) is 0 Å². The largest absolute Gasteiger partial charge is 0.236 e. The molecule has 0 saturated heterocycles. The molecule has 0 unspecified atom stereocenters. The lowest BCUT2D eigenvalue weighted by Crippen LogP contribution is -1.91. The van der Waals surface area contributed by atoms with Crippen LogP contribution in [0.25, 0.3) is 22.5 Å². The molecule has 0 N–H and O–H groups in total. The number of aromatic nitrogens is 2. The van der Waals surface area contributed by atoms with Gasteiger partial charge in [0.1, 0.15) is 6.33 Å². The highest BCUT2D eigenvalue weighted by molar-refractivity contribution is 6.44. The van der Waals surface area contributed by atoms with Crippen molar-refractivity contribution in [1.82, 2.24) is 9.97 Å². The number of nitrogens with zero attached hydrogens (tertiary/aromatic N) is 2. The number of halogens is 6. The van der Waals surface area contributed by atoms with Gasteiger partial charge in [0.15, 0.2) is 0 Å². The lowest BCUT2D eigenvalue weighted by Gasteiger charge is -2.09. The Balaban J connectivity index is 2.14. The molecule has 0 spiro atoms. The Labute approximate surface area is 168 Å². The second-order valence-corrected chi connectivity index (χ2v) is 7.22. The summed E-state index contributed by atoms with van der Waals surface area (Å²) >= 11 is 36.5. The Bertz CT molecular complexity index is 869. The van der Waals surface area contributed by atoms with Crippen molar-refractivity contribution in [2.24, 2.45) is 0 Å². The molecular formula is C16H6Cl6N2. The number of hydrogen-bond acceptors (Lipinski definition) is 2. The zero-order valence-electron chi connectivity index (χ0n) is 11.6. The van der Waals surface area contributed by atoms with Crippen molar-refractivity contribution in [3.05, 3.63) is 66.8 Å². The molecule has 1 aromatic heterocycles. The zero-order chi connectivity index (χ0) is 17.4. The first-order chi connectivity index (χ1) is 11.4. The van der Waals surface area contributed by atoms with E-state index < -0.39 is 0 Å². The minimum absolute atomic E-state index is 0.368. The van der Waals surface area contributed by atoms with Gasteiger partial charge in [0.05, 0.1) is 41.5 Å². The van der Waals surface area contributed by atoms with E-state index in [1.54, 1.807) is 30.3 Å². The van der Waals surface area contributed by atoms with Gasteiger partial charge in [-0.2, -0.15) is 0 Å². The Morgan fingerprint density at radius 1 is 0.458 bits per heavy atom. The summed E-state index contributed by atoms with van der Waals surface area (Å²) in [6.07, 6.45) is 1.41. The van der Waals surface area contributed by atoms with Crippen LogP contribution < -0.4 is 0 Å². The molecule has 24 heavy (non-hydrogen) atoms. The molecule has 0 aliphatic rings. The Hall–Kier alpha value is -0.740. The number of hydrogen-bond donors (Lipinski definition) is 0. The first-order valence-electron chi connectivity index (χ1n) is 6.48. The molecule has 0 saturated carbocycles. The van der Waals surface area contributed by atoms with Gasteiger partial charge in [-0.3, -0.25) is 0 Å². The van der Waals surface area contributed by atoms with Crippen LogP contribution in [0.1, 0.15) is 0 Å². The fourth-order valence-corrected chi connectivity index (χ4v) is 3.38. The standard InChI is InChI=1S/C16H6Cl6N2/c17-9-3-13(21)11(19)1-7(9)15-5-16(24-6-23-15)8-2-12(20)14(22)4-10(8)18/h1-6H. The second kappa shape index (κ2) is 7.25. The maximum Gasteiger partial charge on any atom is 0.116 e. The molecule has 0 aliphatic heterocycles. The van der Waals surface area contributed by atoms with E-state index in [9.17, 15) is 0 Å².